The monoisotopic (exact) mass is 291 g/mol. The molecule has 0 saturated heterocycles. The topological polar surface area (TPSA) is 12.0 Å². The number of halogens is 2. The summed E-state index contributed by atoms with van der Waals surface area (Å²) in [6.45, 7) is 6.85. The molecule has 0 heterocycles. The summed E-state index contributed by atoms with van der Waals surface area (Å²) in [5, 5.41) is 3.52. The average molecular weight is 292 g/mol. The Morgan fingerprint density at radius 3 is 2.60 bits per heavy atom. The third kappa shape index (κ3) is 3.02. The van der Waals surface area contributed by atoms with Crippen LogP contribution in [0, 0.1) is 19.7 Å². The van der Waals surface area contributed by atoms with Crippen molar-refractivity contribution in [3.05, 3.63) is 69.5 Å². The van der Waals surface area contributed by atoms with Crippen molar-refractivity contribution in [1.29, 1.82) is 0 Å². The third-order valence-corrected chi connectivity index (χ3v) is 3.74. The minimum absolute atomic E-state index is 0.163. The Morgan fingerprint density at radius 1 is 1.15 bits per heavy atom. The van der Waals surface area contributed by atoms with E-state index in [1.807, 2.05) is 20.8 Å². The van der Waals surface area contributed by atoms with E-state index in [0.717, 1.165) is 23.2 Å². The van der Waals surface area contributed by atoms with Gasteiger partial charge < -0.3 is 5.32 Å². The lowest BCUT2D eigenvalue weighted by atomic mass is 9.93. The standard InChI is InChI=1S/C17H19ClFN/c1-4-20-17(13-6-5-7-15(18)16(13)19)14-10-11(2)8-9-12(14)3/h5-10,17,20H,4H2,1-3H3. The van der Waals surface area contributed by atoms with Gasteiger partial charge in [0.1, 0.15) is 5.82 Å². The van der Waals surface area contributed by atoms with Crippen LogP contribution in [0.4, 0.5) is 4.39 Å². The zero-order valence-corrected chi connectivity index (χ0v) is 12.8. The first-order valence-electron chi connectivity index (χ1n) is 6.79. The summed E-state index contributed by atoms with van der Waals surface area (Å²) < 4.78 is 14.3. The Kier molecular flexibility index (Phi) is 4.79. The number of rotatable bonds is 4. The lowest BCUT2D eigenvalue weighted by Crippen LogP contribution is -2.24. The summed E-state index contributed by atoms with van der Waals surface area (Å²) in [5.74, 6) is -0.346. The molecule has 1 N–H and O–H groups in total. The predicted octanol–water partition coefficient (Wildman–Crippen LogP) is 4.79. The van der Waals surface area contributed by atoms with Crippen molar-refractivity contribution in [2.75, 3.05) is 6.54 Å². The highest BCUT2D eigenvalue weighted by molar-refractivity contribution is 6.30. The van der Waals surface area contributed by atoms with Gasteiger partial charge in [-0.25, -0.2) is 4.39 Å². The number of hydrogen-bond acceptors (Lipinski definition) is 1. The Labute approximate surface area is 124 Å². The van der Waals surface area contributed by atoms with Crippen LogP contribution in [-0.4, -0.2) is 6.54 Å². The Hall–Kier alpha value is -1.38. The van der Waals surface area contributed by atoms with Crippen LogP contribution < -0.4 is 5.32 Å². The summed E-state index contributed by atoms with van der Waals surface area (Å²) in [5.41, 5.74) is 3.98. The fourth-order valence-electron chi connectivity index (χ4n) is 2.41. The highest BCUT2D eigenvalue weighted by atomic mass is 35.5. The fraction of sp³-hybridized carbons (Fsp3) is 0.294. The molecule has 0 bridgehead atoms. The first-order valence-corrected chi connectivity index (χ1v) is 7.16. The minimum atomic E-state index is -0.346. The van der Waals surface area contributed by atoms with Gasteiger partial charge in [0.15, 0.2) is 0 Å². The molecule has 1 atom stereocenters. The van der Waals surface area contributed by atoms with Crippen LogP contribution in [-0.2, 0) is 0 Å². The molecule has 0 aromatic heterocycles. The Morgan fingerprint density at radius 2 is 1.90 bits per heavy atom. The third-order valence-electron chi connectivity index (χ3n) is 3.45. The van der Waals surface area contributed by atoms with Gasteiger partial charge in [-0.05, 0) is 37.6 Å². The fourth-order valence-corrected chi connectivity index (χ4v) is 2.59. The van der Waals surface area contributed by atoms with Crippen molar-refractivity contribution in [2.45, 2.75) is 26.8 Å². The van der Waals surface area contributed by atoms with Crippen molar-refractivity contribution in [2.24, 2.45) is 0 Å². The molecule has 0 amide bonds. The molecule has 0 fully saturated rings. The van der Waals surface area contributed by atoms with E-state index < -0.39 is 0 Å². The number of nitrogens with one attached hydrogen (secondary N) is 1. The average Bonchev–Trinajstić information content (AvgIpc) is 2.43. The minimum Gasteiger partial charge on any atom is -0.306 e. The first kappa shape index (κ1) is 15.0. The zero-order valence-electron chi connectivity index (χ0n) is 12.0. The maximum absolute atomic E-state index is 14.3. The molecule has 3 heteroatoms. The SMILES string of the molecule is CCNC(c1cc(C)ccc1C)c1cccc(Cl)c1F. The summed E-state index contributed by atoms with van der Waals surface area (Å²) in [4.78, 5) is 0. The van der Waals surface area contributed by atoms with E-state index in [0.29, 0.717) is 5.56 Å². The summed E-state index contributed by atoms with van der Waals surface area (Å²) >= 11 is 5.91. The number of aryl methyl sites for hydroxylation is 2. The molecule has 1 nitrogen and oxygen atoms in total. The molecule has 0 saturated carbocycles. The predicted molar refractivity (Wildman–Crippen MR) is 82.8 cm³/mol. The molecular weight excluding hydrogens is 273 g/mol. The molecule has 0 aliphatic heterocycles. The van der Waals surface area contributed by atoms with Crippen molar-refractivity contribution < 1.29 is 4.39 Å². The Bertz CT molecular complexity index is 608. The second kappa shape index (κ2) is 6.38. The van der Waals surface area contributed by atoms with Gasteiger partial charge in [0.25, 0.3) is 0 Å². The molecule has 0 spiro atoms. The van der Waals surface area contributed by atoms with Gasteiger partial charge in [-0.1, -0.05) is 54.4 Å². The molecule has 2 rings (SSSR count). The number of hydrogen-bond donors (Lipinski definition) is 1. The normalized spacial score (nSPS) is 12.4. The van der Waals surface area contributed by atoms with E-state index in [-0.39, 0.29) is 16.9 Å². The van der Waals surface area contributed by atoms with Gasteiger partial charge in [0.2, 0.25) is 0 Å². The van der Waals surface area contributed by atoms with Crippen LogP contribution in [0.2, 0.25) is 5.02 Å². The van der Waals surface area contributed by atoms with Crippen molar-refractivity contribution in [3.8, 4) is 0 Å². The molecule has 0 radical (unpaired) electrons. The van der Waals surface area contributed by atoms with Crippen LogP contribution in [0.15, 0.2) is 36.4 Å². The molecule has 1 unspecified atom stereocenters. The van der Waals surface area contributed by atoms with Crippen molar-refractivity contribution >= 4 is 11.6 Å². The molecule has 2 aromatic rings. The van der Waals surface area contributed by atoms with E-state index in [4.69, 9.17) is 11.6 Å². The van der Waals surface area contributed by atoms with E-state index in [1.165, 1.54) is 0 Å². The van der Waals surface area contributed by atoms with Crippen LogP contribution in [0.1, 0.15) is 35.2 Å². The molecule has 0 aliphatic carbocycles. The second-order valence-electron chi connectivity index (χ2n) is 4.99. The van der Waals surface area contributed by atoms with Gasteiger partial charge in [-0.2, -0.15) is 0 Å². The van der Waals surface area contributed by atoms with Gasteiger partial charge in [0, 0.05) is 5.56 Å². The first-order chi connectivity index (χ1) is 9.54. The second-order valence-corrected chi connectivity index (χ2v) is 5.40. The lowest BCUT2D eigenvalue weighted by molar-refractivity contribution is 0.558. The quantitative estimate of drug-likeness (QED) is 0.853. The molecule has 106 valence electrons. The van der Waals surface area contributed by atoms with E-state index in [9.17, 15) is 4.39 Å². The maximum atomic E-state index is 14.3. The van der Waals surface area contributed by atoms with Crippen LogP contribution in [0.5, 0.6) is 0 Å². The van der Waals surface area contributed by atoms with Crippen molar-refractivity contribution in [1.82, 2.24) is 5.32 Å². The smallest absolute Gasteiger partial charge is 0.146 e. The van der Waals surface area contributed by atoms with Crippen molar-refractivity contribution in [3.63, 3.8) is 0 Å². The van der Waals surface area contributed by atoms with E-state index in [2.05, 4.69) is 23.5 Å². The van der Waals surface area contributed by atoms with Crippen LogP contribution in [0.3, 0.4) is 0 Å². The van der Waals surface area contributed by atoms with Gasteiger partial charge in [-0.15, -0.1) is 0 Å². The summed E-state index contributed by atoms with van der Waals surface area (Å²) in [6, 6.07) is 11.2. The van der Waals surface area contributed by atoms with Gasteiger partial charge in [0.05, 0.1) is 11.1 Å². The Balaban J connectivity index is 2.56. The highest BCUT2D eigenvalue weighted by Gasteiger charge is 2.20. The number of benzene rings is 2. The van der Waals surface area contributed by atoms with E-state index in [1.54, 1.807) is 18.2 Å². The van der Waals surface area contributed by atoms with Gasteiger partial charge >= 0.3 is 0 Å². The lowest BCUT2D eigenvalue weighted by Gasteiger charge is -2.22. The van der Waals surface area contributed by atoms with E-state index >= 15 is 0 Å². The molecule has 2 aromatic carbocycles. The molecule has 20 heavy (non-hydrogen) atoms. The maximum Gasteiger partial charge on any atom is 0.146 e. The summed E-state index contributed by atoms with van der Waals surface area (Å²) in [6.07, 6.45) is 0. The van der Waals surface area contributed by atoms with Crippen LogP contribution >= 0.6 is 11.6 Å². The molecule has 0 aliphatic rings. The largest absolute Gasteiger partial charge is 0.306 e. The van der Waals surface area contributed by atoms with Crippen LogP contribution in [0.25, 0.3) is 0 Å². The zero-order chi connectivity index (χ0) is 14.7. The van der Waals surface area contributed by atoms with Gasteiger partial charge in [-0.3, -0.25) is 0 Å². The molecular formula is C17H19ClFN. The summed E-state index contributed by atoms with van der Waals surface area (Å²) in [7, 11) is 0. The highest BCUT2D eigenvalue weighted by Crippen LogP contribution is 2.30.